The van der Waals surface area contributed by atoms with Gasteiger partial charge >= 0.3 is 11.8 Å². The van der Waals surface area contributed by atoms with Crippen LogP contribution in [-0.4, -0.2) is 30.3 Å². The molecule has 0 bridgehead atoms. The number of carbonyl (C=O) groups is 3. The fourth-order valence-electron chi connectivity index (χ4n) is 2.54. The van der Waals surface area contributed by atoms with Crippen LogP contribution in [0.3, 0.4) is 0 Å². The van der Waals surface area contributed by atoms with Gasteiger partial charge in [0.2, 0.25) is 0 Å². The Bertz CT molecular complexity index is 566. The molecule has 0 unspecified atom stereocenters. The Hall–Kier alpha value is -2.37. The molecular weight excluding hydrogens is 282 g/mol. The monoisotopic (exact) mass is 303 g/mol. The summed E-state index contributed by atoms with van der Waals surface area (Å²) in [6.45, 7) is 2.10. The van der Waals surface area contributed by atoms with Gasteiger partial charge in [-0.25, -0.2) is 0 Å². The molecule has 1 aliphatic carbocycles. The maximum Gasteiger partial charge on any atom is 0.313 e. The van der Waals surface area contributed by atoms with Crippen LogP contribution in [0.15, 0.2) is 24.3 Å². The third-order valence-corrected chi connectivity index (χ3v) is 3.65. The Morgan fingerprint density at radius 1 is 1.09 bits per heavy atom. The van der Waals surface area contributed by atoms with Crippen molar-refractivity contribution in [1.82, 2.24) is 10.6 Å². The molecule has 6 heteroatoms. The predicted molar refractivity (Wildman–Crippen MR) is 83.5 cm³/mol. The summed E-state index contributed by atoms with van der Waals surface area (Å²) in [4.78, 5) is 35.6. The average Bonchev–Trinajstić information content (AvgIpc) is 3.00. The van der Waals surface area contributed by atoms with Crippen LogP contribution in [0.1, 0.15) is 43.0 Å². The first-order valence-corrected chi connectivity index (χ1v) is 7.61. The SMILES string of the molecule is CCNC(=O)C(=O)Nc1ccccc1C(=O)NC1CCCC1. The van der Waals surface area contributed by atoms with Gasteiger partial charge in [0.15, 0.2) is 0 Å². The second kappa shape index (κ2) is 7.59. The molecule has 3 amide bonds. The minimum Gasteiger partial charge on any atom is -0.349 e. The van der Waals surface area contributed by atoms with Crippen LogP contribution in [0.2, 0.25) is 0 Å². The maximum atomic E-state index is 12.3. The van der Waals surface area contributed by atoms with Crippen molar-refractivity contribution in [3.8, 4) is 0 Å². The molecule has 6 nitrogen and oxygen atoms in total. The first-order valence-electron chi connectivity index (χ1n) is 7.61. The molecule has 118 valence electrons. The largest absolute Gasteiger partial charge is 0.349 e. The lowest BCUT2D eigenvalue weighted by Crippen LogP contribution is -2.36. The molecule has 0 heterocycles. The Balaban J connectivity index is 2.07. The molecule has 1 fully saturated rings. The summed E-state index contributed by atoms with van der Waals surface area (Å²) in [5.74, 6) is -1.71. The molecule has 22 heavy (non-hydrogen) atoms. The molecule has 0 spiro atoms. The summed E-state index contributed by atoms with van der Waals surface area (Å²) >= 11 is 0. The molecular formula is C16H21N3O3. The van der Waals surface area contributed by atoms with Crippen LogP contribution in [0.5, 0.6) is 0 Å². The highest BCUT2D eigenvalue weighted by molar-refractivity contribution is 6.40. The molecule has 1 saturated carbocycles. The van der Waals surface area contributed by atoms with Crippen molar-refractivity contribution in [2.24, 2.45) is 0 Å². The maximum absolute atomic E-state index is 12.3. The van der Waals surface area contributed by atoms with E-state index in [2.05, 4.69) is 16.0 Å². The van der Waals surface area contributed by atoms with E-state index in [4.69, 9.17) is 0 Å². The zero-order valence-electron chi connectivity index (χ0n) is 12.6. The van der Waals surface area contributed by atoms with Crippen LogP contribution in [-0.2, 0) is 9.59 Å². The second-order valence-electron chi connectivity index (χ2n) is 5.31. The third kappa shape index (κ3) is 4.07. The molecule has 0 saturated heterocycles. The van der Waals surface area contributed by atoms with Gasteiger partial charge in [0.05, 0.1) is 11.3 Å². The summed E-state index contributed by atoms with van der Waals surface area (Å²) in [5, 5.41) is 7.88. The highest BCUT2D eigenvalue weighted by Crippen LogP contribution is 2.20. The van der Waals surface area contributed by atoms with Gasteiger partial charge in [-0.15, -0.1) is 0 Å². The number of carbonyl (C=O) groups excluding carboxylic acids is 3. The Morgan fingerprint density at radius 2 is 1.77 bits per heavy atom. The van der Waals surface area contributed by atoms with Crippen LogP contribution < -0.4 is 16.0 Å². The molecule has 0 atom stereocenters. The number of rotatable bonds is 4. The summed E-state index contributed by atoms with van der Waals surface area (Å²) in [6.07, 6.45) is 4.22. The standard InChI is InChI=1S/C16H21N3O3/c1-2-17-15(21)16(22)19-13-10-6-5-9-12(13)14(20)18-11-7-3-4-8-11/h5-6,9-11H,2-4,7-8H2,1H3,(H,17,21)(H,18,20)(H,19,22). The van der Waals surface area contributed by atoms with Gasteiger partial charge < -0.3 is 16.0 Å². The van der Waals surface area contributed by atoms with Crippen LogP contribution >= 0.6 is 0 Å². The number of hydrogen-bond acceptors (Lipinski definition) is 3. The number of nitrogens with one attached hydrogen (secondary N) is 3. The third-order valence-electron chi connectivity index (χ3n) is 3.65. The minimum absolute atomic E-state index is 0.194. The highest BCUT2D eigenvalue weighted by atomic mass is 16.2. The molecule has 0 radical (unpaired) electrons. The number of anilines is 1. The van der Waals surface area contributed by atoms with Crippen LogP contribution in [0.4, 0.5) is 5.69 Å². The lowest BCUT2D eigenvalue weighted by atomic mass is 10.1. The summed E-state index contributed by atoms with van der Waals surface area (Å²) in [7, 11) is 0. The van der Waals surface area contributed by atoms with E-state index in [0.29, 0.717) is 17.8 Å². The van der Waals surface area contributed by atoms with Crippen molar-refractivity contribution in [2.45, 2.75) is 38.6 Å². The quantitative estimate of drug-likeness (QED) is 0.735. The molecule has 1 aromatic rings. The highest BCUT2D eigenvalue weighted by Gasteiger charge is 2.21. The first-order chi connectivity index (χ1) is 10.6. The number of amides is 3. The zero-order valence-corrected chi connectivity index (χ0v) is 12.6. The van der Waals surface area contributed by atoms with Crippen molar-refractivity contribution in [2.75, 3.05) is 11.9 Å². The van der Waals surface area contributed by atoms with Gasteiger partial charge in [0, 0.05) is 12.6 Å². The van der Waals surface area contributed by atoms with E-state index in [1.807, 2.05) is 0 Å². The lowest BCUT2D eigenvalue weighted by molar-refractivity contribution is -0.136. The average molecular weight is 303 g/mol. The Kier molecular flexibility index (Phi) is 5.52. The molecule has 0 aliphatic heterocycles. The number of benzene rings is 1. The van der Waals surface area contributed by atoms with Gasteiger partial charge in [-0.3, -0.25) is 14.4 Å². The minimum atomic E-state index is -0.775. The van der Waals surface area contributed by atoms with E-state index in [9.17, 15) is 14.4 Å². The summed E-state index contributed by atoms with van der Waals surface area (Å²) in [5.41, 5.74) is 0.710. The van der Waals surface area contributed by atoms with E-state index >= 15 is 0 Å². The van der Waals surface area contributed by atoms with E-state index in [-0.39, 0.29) is 11.9 Å². The molecule has 0 aromatic heterocycles. The van der Waals surface area contributed by atoms with Crippen molar-refractivity contribution in [3.05, 3.63) is 29.8 Å². The van der Waals surface area contributed by atoms with Crippen molar-refractivity contribution in [1.29, 1.82) is 0 Å². The summed E-state index contributed by atoms with van der Waals surface area (Å²) < 4.78 is 0. The van der Waals surface area contributed by atoms with Crippen molar-refractivity contribution < 1.29 is 14.4 Å². The molecule has 1 aromatic carbocycles. The van der Waals surface area contributed by atoms with Crippen molar-refractivity contribution in [3.63, 3.8) is 0 Å². The molecule has 2 rings (SSSR count). The van der Waals surface area contributed by atoms with Gasteiger partial charge in [0.1, 0.15) is 0 Å². The van der Waals surface area contributed by atoms with Crippen LogP contribution in [0.25, 0.3) is 0 Å². The Morgan fingerprint density at radius 3 is 2.45 bits per heavy atom. The van der Waals surface area contributed by atoms with Gasteiger partial charge in [0.25, 0.3) is 5.91 Å². The van der Waals surface area contributed by atoms with E-state index in [0.717, 1.165) is 25.7 Å². The molecule has 3 N–H and O–H groups in total. The van der Waals surface area contributed by atoms with Crippen molar-refractivity contribution >= 4 is 23.4 Å². The fraction of sp³-hybridized carbons (Fsp3) is 0.438. The number of hydrogen-bond donors (Lipinski definition) is 3. The fourth-order valence-corrected chi connectivity index (χ4v) is 2.54. The number of para-hydroxylation sites is 1. The second-order valence-corrected chi connectivity index (χ2v) is 5.31. The topological polar surface area (TPSA) is 87.3 Å². The normalized spacial score (nSPS) is 14.4. The van der Waals surface area contributed by atoms with E-state index in [1.54, 1.807) is 31.2 Å². The summed E-state index contributed by atoms with van der Waals surface area (Å²) in [6, 6.07) is 6.88. The Labute approximate surface area is 129 Å². The number of likely N-dealkylation sites (N-methyl/N-ethyl adjacent to an activating group) is 1. The van der Waals surface area contributed by atoms with Gasteiger partial charge in [-0.2, -0.15) is 0 Å². The van der Waals surface area contributed by atoms with Gasteiger partial charge in [-0.1, -0.05) is 25.0 Å². The van der Waals surface area contributed by atoms with E-state index in [1.165, 1.54) is 0 Å². The van der Waals surface area contributed by atoms with E-state index < -0.39 is 11.8 Å². The zero-order chi connectivity index (χ0) is 15.9. The smallest absolute Gasteiger partial charge is 0.313 e. The van der Waals surface area contributed by atoms with Gasteiger partial charge in [-0.05, 0) is 31.9 Å². The molecule has 1 aliphatic rings. The predicted octanol–water partition coefficient (Wildman–Crippen LogP) is 1.43. The first kappa shape index (κ1) is 16.0. The van der Waals surface area contributed by atoms with Crippen LogP contribution in [0, 0.1) is 0 Å². The lowest BCUT2D eigenvalue weighted by Gasteiger charge is -2.14.